The Kier molecular flexibility index (Phi) is 7.77. The first-order chi connectivity index (χ1) is 18.0. The standard InChI is InChI=1S/C30H38N4O3/c35-27-20-24-13-7-8-14-25(24)30(33-27)15-17-34(18-16-30)29(37)32-26(19-22-9-3-1-4-10-22)28(36)31-21-23-11-5-2-6-12-23/h2,5-8,11-14,22,26H,1,3-4,9-10,15-21H2,(H,31,36)(H,32,37)(H,33,35). The van der Waals surface area contributed by atoms with Crippen molar-refractivity contribution in [1.82, 2.24) is 20.9 Å². The van der Waals surface area contributed by atoms with Gasteiger partial charge >= 0.3 is 6.03 Å². The number of hydrogen-bond donors (Lipinski definition) is 3. The summed E-state index contributed by atoms with van der Waals surface area (Å²) in [5.41, 5.74) is 2.86. The number of piperidine rings is 1. The van der Waals surface area contributed by atoms with E-state index in [9.17, 15) is 14.4 Å². The number of carbonyl (C=O) groups excluding carboxylic acids is 3. The molecular weight excluding hydrogens is 464 g/mol. The molecule has 2 fully saturated rings. The maximum atomic E-state index is 13.4. The molecule has 1 spiro atoms. The largest absolute Gasteiger partial charge is 0.350 e. The summed E-state index contributed by atoms with van der Waals surface area (Å²) in [5.74, 6) is 0.379. The molecule has 1 saturated carbocycles. The highest BCUT2D eigenvalue weighted by Gasteiger charge is 2.42. The van der Waals surface area contributed by atoms with Gasteiger partial charge in [-0.05, 0) is 41.9 Å². The average molecular weight is 503 g/mol. The zero-order valence-electron chi connectivity index (χ0n) is 21.5. The zero-order valence-corrected chi connectivity index (χ0v) is 21.5. The van der Waals surface area contributed by atoms with Gasteiger partial charge in [0.25, 0.3) is 0 Å². The number of carbonyl (C=O) groups is 3. The van der Waals surface area contributed by atoms with Gasteiger partial charge in [0.1, 0.15) is 6.04 Å². The molecule has 2 aromatic carbocycles. The minimum atomic E-state index is -0.551. The fourth-order valence-corrected chi connectivity index (χ4v) is 6.31. The first-order valence-corrected chi connectivity index (χ1v) is 13.8. The summed E-state index contributed by atoms with van der Waals surface area (Å²) in [5, 5.41) is 9.35. The van der Waals surface area contributed by atoms with Crippen LogP contribution in [0.3, 0.4) is 0 Å². The Morgan fingerprint density at radius 3 is 2.43 bits per heavy atom. The number of nitrogens with zero attached hydrogens (tertiary/aromatic N) is 1. The summed E-state index contributed by atoms with van der Waals surface area (Å²) in [6, 6.07) is 17.2. The zero-order chi connectivity index (χ0) is 25.7. The molecule has 7 heteroatoms. The first kappa shape index (κ1) is 25.3. The molecule has 0 radical (unpaired) electrons. The molecule has 0 aromatic heterocycles. The van der Waals surface area contributed by atoms with Crippen LogP contribution in [0.5, 0.6) is 0 Å². The third-order valence-corrected chi connectivity index (χ3v) is 8.38. The van der Waals surface area contributed by atoms with Gasteiger partial charge in [-0.3, -0.25) is 9.59 Å². The quantitative estimate of drug-likeness (QED) is 0.557. The van der Waals surface area contributed by atoms with Crippen LogP contribution in [0.2, 0.25) is 0 Å². The van der Waals surface area contributed by atoms with Crippen molar-refractivity contribution in [2.75, 3.05) is 13.1 Å². The number of fused-ring (bicyclic) bond motifs is 2. The van der Waals surface area contributed by atoms with Gasteiger partial charge in [-0.2, -0.15) is 0 Å². The summed E-state index contributed by atoms with van der Waals surface area (Å²) in [7, 11) is 0. The molecule has 7 nitrogen and oxygen atoms in total. The molecule has 4 amide bonds. The molecule has 1 atom stereocenters. The molecule has 37 heavy (non-hydrogen) atoms. The fourth-order valence-electron chi connectivity index (χ4n) is 6.31. The van der Waals surface area contributed by atoms with Gasteiger partial charge in [-0.1, -0.05) is 86.7 Å². The third kappa shape index (κ3) is 5.97. The molecule has 3 aliphatic rings. The van der Waals surface area contributed by atoms with Crippen LogP contribution in [0.25, 0.3) is 0 Å². The second-order valence-corrected chi connectivity index (χ2v) is 10.9. The number of amides is 4. The number of hydrogen-bond acceptors (Lipinski definition) is 3. The molecular formula is C30H38N4O3. The molecule has 0 bridgehead atoms. The molecule has 2 aliphatic heterocycles. The third-order valence-electron chi connectivity index (χ3n) is 8.38. The van der Waals surface area contributed by atoms with E-state index in [1.54, 1.807) is 4.90 Å². The Morgan fingerprint density at radius 1 is 0.973 bits per heavy atom. The lowest BCUT2D eigenvalue weighted by atomic mass is 9.75. The predicted molar refractivity (Wildman–Crippen MR) is 143 cm³/mol. The summed E-state index contributed by atoms with van der Waals surface area (Å²) in [6.07, 6.45) is 8.27. The normalized spacial score (nSPS) is 20.0. The summed E-state index contributed by atoms with van der Waals surface area (Å²) >= 11 is 0. The van der Waals surface area contributed by atoms with Crippen molar-refractivity contribution in [3.8, 4) is 0 Å². The van der Waals surface area contributed by atoms with E-state index in [1.165, 1.54) is 24.8 Å². The Bertz CT molecular complexity index is 1100. The summed E-state index contributed by atoms with van der Waals surface area (Å²) in [6.45, 7) is 1.51. The Balaban J connectivity index is 1.22. The Morgan fingerprint density at radius 2 is 1.68 bits per heavy atom. The number of likely N-dealkylation sites (tertiary alicyclic amines) is 1. The van der Waals surface area contributed by atoms with Gasteiger partial charge in [0, 0.05) is 19.6 Å². The van der Waals surface area contributed by atoms with Crippen LogP contribution in [0.1, 0.15) is 68.1 Å². The SMILES string of the molecule is O=C1Cc2ccccc2C2(CCN(C(=O)NC(CC3CCCCC3)C(=O)NCc3ccccc3)CC2)N1. The van der Waals surface area contributed by atoms with Crippen LogP contribution >= 0.6 is 0 Å². The van der Waals surface area contributed by atoms with Crippen molar-refractivity contribution >= 4 is 17.8 Å². The lowest BCUT2D eigenvalue weighted by Gasteiger charge is -2.45. The van der Waals surface area contributed by atoms with Crippen LogP contribution in [0, 0.1) is 5.92 Å². The lowest BCUT2D eigenvalue weighted by Crippen LogP contribution is -2.59. The van der Waals surface area contributed by atoms with Gasteiger partial charge in [0.2, 0.25) is 11.8 Å². The highest BCUT2D eigenvalue weighted by atomic mass is 16.2. The van der Waals surface area contributed by atoms with Gasteiger partial charge in [-0.15, -0.1) is 0 Å². The van der Waals surface area contributed by atoms with Crippen LogP contribution in [0.4, 0.5) is 4.79 Å². The molecule has 2 heterocycles. The average Bonchev–Trinajstić information content (AvgIpc) is 2.93. The summed E-state index contributed by atoms with van der Waals surface area (Å²) < 4.78 is 0. The van der Waals surface area contributed by atoms with E-state index < -0.39 is 11.6 Å². The predicted octanol–water partition coefficient (Wildman–Crippen LogP) is 4.02. The van der Waals surface area contributed by atoms with Crippen molar-refractivity contribution in [1.29, 1.82) is 0 Å². The van der Waals surface area contributed by atoms with E-state index in [1.807, 2.05) is 48.5 Å². The molecule has 196 valence electrons. The van der Waals surface area contributed by atoms with Crippen LogP contribution in [-0.4, -0.2) is 41.9 Å². The van der Waals surface area contributed by atoms with Crippen LogP contribution in [-0.2, 0) is 28.1 Å². The van der Waals surface area contributed by atoms with Crippen molar-refractivity contribution in [2.24, 2.45) is 5.92 Å². The fraction of sp³-hybridized carbons (Fsp3) is 0.500. The maximum Gasteiger partial charge on any atom is 0.318 e. The number of benzene rings is 2. The number of nitrogens with one attached hydrogen (secondary N) is 3. The molecule has 1 saturated heterocycles. The van der Waals surface area contributed by atoms with E-state index in [0.717, 1.165) is 24.0 Å². The number of rotatable bonds is 6. The second kappa shape index (κ2) is 11.4. The summed E-state index contributed by atoms with van der Waals surface area (Å²) in [4.78, 5) is 40.8. The molecule has 1 unspecified atom stereocenters. The molecule has 2 aromatic rings. The van der Waals surface area contributed by atoms with E-state index in [2.05, 4.69) is 22.0 Å². The van der Waals surface area contributed by atoms with Crippen LogP contribution < -0.4 is 16.0 Å². The Labute approximate surface area is 219 Å². The van der Waals surface area contributed by atoms with Crippen molar-refractivity contribution < 1.29 is 14.4 Å². The highest BCUT2D eigenvalue weighted by molar-refractivity contribution is 5.87. The van der Waals surface area contributed by atoms with Gasteiger partial charge < -0.3 is 20.9 Å². The molecule has 3 N–H and O–H groups in total. The minimum Gasteiger partial charge on any atom is -0.350 e. The van der Waals surface area contributed by atoms with E-state index in [0.29, 0.717) is 51.2 Å². The monoisotopic (exact) mass is 502 g/mol. The van der Waals surface area contributed by atoms with Crippen molar-refractivity contribution in [2.45, 2.75) is 75.9 Å². The minimum absolute atomic E-state index is 0.0410. The molecule has 1 aliphatic carbocycles. The van der Waals surface area contributed by atoms with Gasteiger partial charge in [0.15, 0.2) is 0 Å². The number of urea groups is 1. The molecule has 5 rings (SSSR count). The van der Waals surface area contributed by atoms with Crippen LogP contribution in [0.15, 0.2) is 54.6 Å². The van der Waals surface area contributed by atoms with E-state index in [-0.39, 0.29) is 17.8 Å². The van der Waals surface area contributed by atoms with Crippen molar-refractivity contribution in [3.05, 3.63) is 71.3 Å². The van der Waals surface area contributed by atoms with Gasteiger partial charge in [0.05, 0.1) is 12.0 Å². The van der Waals surface area contributed by atoms with Crippen molar-refractivity contribution in [3.63, 3.8) is 0 Å². The smallest absolute Gasteiger partial charge is 0.318 e. The van der Waals surface area contributed by atoms with E-state index >= 15 is 0 Å². The highest BCUT2D eigenvalue weighted by Crippen LogP contribution is 2.38. The lowest BCUT2D eigenvalue weighted by molar-refractivity contribution is -0.124. The topological polar surface area (TPSA) is 90.5 Å². The van der Waals surface area contributed by atoms with E-state index in [4.69, 9.17) is 0 Å². The second-order valence-electron chi connectivity index (χ2n) is 10.9. The first-order valence-electron chi connectivity index (χ1n) is 13.8. The van der Waals surface area contributed by atoms with Gasteiger partial charge in [-0.25, -0.2) is 4.79 Å². The Hall–Kier alpha value is -3.35. The maximum absolute atomic E-state index is 13.4.